The van der Waals surface area contributed by atoms with E-state index in [-0.39, 0.29) is 29.5 Å². The Balaban J connectivity index is 1.56. The zero-order chi connectivity index (χ0) is 28.8. The maximum atomic E-state index is 13.6. The van der Waals surface area contributed by atoms with E-state index in [1.54, 1.807) is 27.0 Å². The summed E-state index contributed by atoms with van der Waals surface area (Å²) in [5.74, 6) is -1.37. The Morgan fingerprint density at radius 2 is 1.73 bits per heavy atom. The molecule has 0 radical (unpaired) electrons. The molecule has 1 fully saturated rings. The summed E-state index contributed by atoms with van der Waals surface area (Å²) in [6, 6.07) is 13.9. The number of nitrogens with one attached hydrogen (secondary N) is 2. The molecule has 212 valence electrons. The number of dihydropyridines is 1. The fourth-order valence-corrected chi connectivity index (χ4v) is 5.32. The van der Waals surface area contributed by atoms with Gasteiger partial charge in [-0.2, -0.15) is 0 Å². The number of allylic oxidation sites excluding steroid dienone is 2. The minimum absolute atomic E-state index is 0.0778. The molecule has 2 unspecified atom stereocenters. The maximum Gasteiger partial charge on any atom is 0.336 e. The van der Waals surface area contributed by atoms with Crippen LogP contribution >= 0.6 is 0 Å². The van der Waals surface area contributed by atoms with E-state index in [2.05, 4.69) is 15.5 Å². The molecule has 0 aromatic heterocycles. The smallest absolute Gasteiger partial charge is 0.336 e. The van der Waals surface area contributed by atoms with Crippen molar-refractivity contribution in [3.8, 4) is 5.75 Å². The number of hydrogen-bond donors (Lipinski definition) is 2. The summed E-state index contributed by atoms with van der Waals surface area (Å²) in [7, 11) is 2.89. The van der Waals surface area contributed by atoms with E-state index in [1.165, 1.54) is 25.3 Å². The molecule has 2 aliphatic heterocycles. The predicted octanol–water partition coefficient (Wildman–Crippen LogP) is 3.20. The molecular formula is C29H34N4O7. The lowest BCUT2D eigenvalue weighted by atomic mass is 9.80. The summed E-state index contributed by atoms with van der Waals surface area (Å²) in [5, 5.41) is 18.0. The Morgan fingerprint density at radius 1 is 1.02 bits per heavy atom. The van der Waals surface area contributed by atoms with Crippen LogP contribution in [0.4, 0.5) is 5.69 Å². The molecule has 11 nitrogen and oxygen atoms in total. The number of nitro groups is 1. The molecule has 0 bridgehead atoms. The Morgan fingerprint density at radius 3 is 2.42 bits per heavy atom. The number of carbonyl (C=O) groups is 2. The Kier molecular flexibility index (Phi) is 9.18. The minimum Gasteiger partial charge on any atom is -0.497 e. The summed E-state index contributed by atoms with van der Waals surface area (Å²) < 4.78 is 16.2. The fourth-order valence-electron chi connectivity index (χ4n) is 5.32. The molecule has 2 aliphatic rings. The van der Waals surface area contributed by atoms with Crippen LogP contribution in [0.2, 0.25) is 0 Å². The van der Waals surface area contributed by atoms with Crippen molar-refractivity contribution < 1.29 is 28.7 Å². The quantitative estimate of drug-likeness (QED) is 0.272. The molecule has 2 aromatic carbocycles. The van der Waals surface area contributed by atoms with Gasteiger partial charge in [-0.1, -0.05) is 24.3 Å². The molecule has 2 N–H and O–H groups in total. The number of esters is 2. The molecule has 0 amide bonds. The number of non-ortho nitro benzene ring substituents is 1. The van der Waals surface area contributed by atoms with Gasteiger partial charge in [0.05, 0.1) is 36.2 Å². The van der Waals surface area contributed by atoms with Gasteiger partial charge in [0.25, 0.3) is 5.69 Å². The van der Waals surface area contributed by atoms with Gasteiger partial charge in [-0.3, -0.25) is 15.0 Å². The number of piperazine rings is 1. The molecule has 40 heavy (non-hydrogen) atoms. The highest BCUT2D eigenvalue weighted by atomic mass is 16.6. The molecule has 1 saturated heterocycles. The Labute approximate surface area is 232 Å². The molecule has 0 saturated carbocycles. The number of carbonyl (C=O) groups excluding carboxylic acids is 2. The van der Waals surface area contributed by atoms with Crippen molar-refractivity contribution in [2.45, 2.75) is 25.8 Å². The van der Waals surface area contributed by atoms with Gasteiger partial charge in [-0.15, -0.1) is 0 Å². The summed E-state index contributed by atoms with van der Waals surface area (Å²) in [5.41, 5.74) is 2.77. The molecule has 2 atom stereocenters. The van der Waals surface area contributed by atoms with Crippen LogP contribution in [0.15, 0.2) is 71.1 Å². The summed E-state index contributed by atoms with van der Waals surface area (Å²) in [6.45, 7) is 6.36. The highest BCUT2D eigenvalue weighted by molar-refractivity contribution is 5.99. The highest BCUT2D eigenvalue weighted by Crippen LogP contribution is 2.40. The van der Waals surface area contributed by atoms with Crippen LogP contribution in [0.1, 0.15) is 36.9 Å². The molecule has 2 heterocycles. The summed E-state index contributed by atoms with van der Waals surface area (Å²) >= 11 is 0. The van der Waals surface area contributed by atoms with Crippen molar-refractivity contribution in [3.05, 3.63) is 92.3 Å². The maximum absolute atomic E-state index is 13.6. The average Bonchev–Trinajstić information content (AvgIpc) is 2.96. The monoisotopic (exact) mass is 550 g/mol. The largest absolute Gasteiger partial charge is 0.497 e. The third kappa shape index (κ3) is 6.16. The first-order chi connectivity index (χ1) is 19.2. The lowest BCUT2D eigenvalue weighted by molar-refractivity contribution is -0.384. The Hall–Kier alpha value is -4.22. The van der Waals surface area contributed by atoms with Crippen LogP contribution in [0, 0.1) is 10.1 Å². The minimum atomic E-state index is -0.898. The summed E-state index contributed by atoms with van der Waals surface area (Å²) in [4.78, 5) is 39.6. The summed E-state index contributed by atoms with van der Waals surface area (Å²) in [6.07, 6.45) is 0. The van der Waals surface area contributed by atoms with Crippen molar-refractivity contribution >= 4 is 17.6 Å². The SMILES string of the molecule is COC(=O)C1=C(C)NC(C)=C(C(=O)OCCN2CCNCC2c2cccc(OC)c2)C1c1cccc([N+](=O)[O-])c1. The number of rotatable bonds is 9. The normalized spacial score (nSPS) is 19.6. The van der Waals surface area contributed by atoms with Crippen LogP contribution in [-0.2, 0) is 19.1 Å². The van der Waals surface area contributed by atoms with Gasteiger partial charge in [-0.05, 0) is 37.1 Å². The predicted molar refractivity (Wildman–Crippen MR) is 148 cm³/mol. The second-order valence-corrected chi connectivity index (χ2v) is 9.65. The van der Waals surface area contributed by atoms with Crippen molar-refractivity contribution in [3.63, 3.8) is 0 Å². The first-order valence-electron chi connectivity index (χ1n) is 13.0. The van der Waals surface area contributed by atoms with Crippen LogP contribution in [0.3, 0.4) is 0 Å². The molecule has 4 rings (SSSR count). The third-order valence-electron chi connectivity index (χ3n) is 7.24. The van der Waals surface area contributed by atoms with E-state index in [4.69, 9.17) is 14.2 Å². The topological polar surface area (TPSA) is 132 Å². The molecule has 0 spiro atoms. The van der Waals surface area contributed by atoms with Gasteiger partial charge in [0.1, 0.15) is 12.4 Å². The lowest BCUT2D eigenvalue weighted by Crippen LogP contribution is -2.47. The van der Waals surface area contributed by atoms with Crippen molar-refractivity contribution in [2.75, 3.05) is 47.0 Å². The van der Waals surface area contributed by atoms with Gasteiger partial charge in [0.2, 0.25) is 0 Å². The van der Waals surface area contributed by atoms with E-state index in [0.29, 0.717) is 23.5 Å². The fraction of sp³-hybridized carbons (Fsp3) is 0.379. The first kappa shape index (κ1) is 28.8. The number of ether oxygens (including phenoxy) is 3. The van der Waals surface area contributed by atoms with E-state index in [0.717, 1.165) is 30.9 Å². The number of nitrogens with zero attached hydrogens (tertiary/aromatic N) is 2. The van der Waals surface area contributed by atoms with Crippen LogP contribution in [0.5, 0.6) is 5.75 Å². The van der Waals surface area contributed by atoms with Gasteiger partial charge in [-0.25, -0.2) is 9.59 Å². The number of hydrogen-bond acceptors (Lipinski definition) is 10. The van der Waals surface area contributed by atoms with Crippen molar-refractivity contribution in [1.29, 1.82) is 0 Å². The standard InChI is InChI=1S/C29H34N4O7/c1-18-25(28(34)39-4)27(21-8-5-9-22(15-21)33(36)37)26(19(2)31-18)29(35)40-14-13-32-12-11-30-17-24(32)20-7-6-10-23(16-20)38-3/h5-10,15-16,24,27,30-31H,11-14,17H2,1-4H3. The van der Waals surface area contributed by atoms with Crippen molar-refractivity contribution in [1.82, 2.24) is 15.5 Å². The zero-order valence-electron chi connectivity index (χ0n) is 23.1. The van der Waals surface area contributed by atoms with Gasteiger partial charge in [0, 0.05) is 55.7 Å². The second kappa shape index (κ2) is 12.8. The number of nitro benzene ring substituents is 1. The third-order valence-corrected chi connectivity index (χ3v) is 7.24. The van der Waals surface area contributed by atoms with E-state index in [1.807, 2.05) is 24.3 Å². The highest BCUT2D eigenvalue weighted by Gasteiger charge is 2.38. The lowest BCUT2D eigenvalue weighted by Gasteiger charge is -2.36. The van der Waals surface area contributed by atoms with Crippen LogP contribution < -0.4 is 15.4 Å². The molecule has 11 heteroatoms. The van der Waals surface area contributed by atoms with Gasteiger partial charge < -0.3 is 24.8 Å². The van der Waals surface area contributed by atoms with E-state index >= 15 is 0 Å². The van der Waals surface area contributed by atoms with Gasteiger partial charge >= 0.3 is 11.9 Å². The van der Waals surface area contributed by atoms with E-state index < -0.39 is 22.8 Å². The molecule has 0 aliphatic carbocycles. The first-order valence-corrected chi connectivity index (χ1v) is 13.0. The number of methoxy groups -OCH3 is 2. The zero-order valence-corrected chi connectivity index (χ0v) is 23.1. The number of benzene rings is 2. The van der Waals surface area contributed by atoms with E-state index in [9.17, 15) is 19.7 Å². The van der Waals surface area contributed by atoms with Crippen LogP contribution in [0.25, 0.3) is 0 Å². The van der Waals surface area contributed by atoms with Gasteiger partial charge in [0.15, 0.2) is 0 Å². The van der Waals surface area contributed by atoms with Crippen molar-refractivity contribution in [2.24, 2.45) is 0 Å². The van der Waals surface area contributed by atoms with Crippen LogP contribution in [-0.4, -0.2) is 68.8 Å². The Bertz CT molecular complexity index is 1350. The average molecular weight is 551 g/mol. The molecule has 2 aromatic rings. The second-order valence-electron chi connectivity index (χ2n) is 9.65. The molecular weight excluding hydrogens is 516 g/mol.